The fourth-order valence-corrected chi connectivity index (χ4v) is 5.05. The van der Waals surface area contributed by atoms with Crippen molar-refractivity contribution in [2.75, 3.05) is 30.3 Å². The van der Waals surface area contributed by atoms with Gasteiger partial charge in [-0.05, 0) is 30.7 Å². The van der Waals surface area contributed by atoms with Crippen LogP contribution in [0, 0.1) is 5.41 Å². The molecule has 2 aliphatic rings. The van der Waals surface area contributed by atoms with E-state index in [4.69, 9.17) is 11.1 Å². The molecule has 0 spiro atoms. The number of rotatable bonds is 2. The van der Waals surface area contributed by atoms with Crippen LogP contribution in [0.1, 0.15) is 24.5 Å². The summed E-state index contributed by atoms with van der Waals surface area (Å²) >= 11 is 3.73. The average molecular weight is 337 g/mol. The topological polar surface area (TPSA) is 65.1 Å². The first kappa shape index (κ1) is 16.2. The summed E-state index contributed by atoms with van der Waals surface area (Å²) in [5.74, 6) is 3.96. The number of thioether (sulfide) groups is 2. The van der Waals surface area contributed by atoms with Crippen molar-refractivity contribution in [3.05, 3.63) is 35.4 Å². The Hall–Kier alpha value is -0.690. The highest BCUT2D eigenvalue weighted by molar-refractivity contribution is 7.99. The molecule has 0 aliphatic carbocycles. The molecule has 2 atom stereocenters. The lowest BCUT2D eigenvalue weighted by atomic mass is 9.88. The van der Waals surface area contributed by atoms with Gasteiger partial charge in [0.25, 0.3) is 0 Å². The van der Waals surface area contributed by atoms with Crippen molar-refractivity contribution in [1.82, 2.24) is 10.2 Å². The minimum atomic E-state index is -0.0985. The first-order valence-electron chi connectivity index (χ1n) is 7.75. The highest BCUT2D eigenvalue weighted by Crippen LogP contribution is 2.32. The van der Waals surface area contributed by atoms with Crippen LogP contribution in [-0.2, 0) is 5.54 Å². The van der Waals surface area contributed by atoms with Gasteiger partial charge in [0.1, 0.15) is 11.3 Å². The van der Waals surface area contributed by atoms with Gasteiger partial charge in [0.05, 0.1) is 0 Å². The number of amidine groups is 1. The number of hydrogen-bond donors (Lipinski definition) is 3. The number of hydrogen-bond acceptors (Lipinski definition) is 5. The number of nitrogens with zero attached hydrogens (tertiary/aromatic N) is 1. The second kappa shape index (κ2) is 6.83. The summed E-state index contributed by atoms with van der Waals surface area (Å²) in [6.07, 6.45) is 1.06. The lowest BCUT2D eigenvalue weighted by Crippen LogP contribution is -2.52. The molecule has 3 rings (SSSR count). The van der Waals surface area contributed by atoms with Gasteiger partial charge in [-0.3, -0.25) is 10.7 Å². The van der Waals surface area contributed by atoms with E-state index in [2.05, 4.69) is 41.4 Å². The van der Waals surface area contributed by atoms with Crippen LogP contribution in [0.5, 0.6) is 0 Å². The van der Waals surface area contributed by atoms with E-state index in [9.17, 15) is 0 Å². The Labute approximate surface area is 141 Å². The third-order valence-corrected chi connectivity index (χ3v) is 6.32. The molecule has 2 fully saturated rings. The molecule has 120 valence electrons. The monoisotopic (exact) mass is 336 g/mol. The summed E-state index contributed by atoms with van der Waals surface area (Å²) in [6.45, 7) is 4.17. The van der Waals surface area contributed by atoms with E-state index in [1.165, 1.54) is 5.56 Å². The van der Waals surface area contributed by atoms with Crippen molar-refractivity contribution in [1.29, 1.82) is 5.41 Å². The predicted molar refractivity (Wildman–Crippen MR) is 97.7 cm³/mol. The van der Waals surface area contributed by atoms with Gasteiger partial charge in [-0.1, -0.05) is 18.2 Å². The van der Waals surface area contributed by atoms with Gasteiger partial charge in [0, 0.05) is 35.7 Å². The molecule has 4 nitrogen and oxygen atoms in total. The van der Waals surface area contributed by atoms with E-state index in [-0.39, 0.29) is 11.0 Å². The molecule has 0 saturated carbocycles. The van der Waals surface area contributed by atoms with Gasteiger partial charge < -0.3 is 10.6 Å². The molecule has 0 radical (unpaired) electrons. The zero-order chi connectivity index (χ0) is 15.6. The van der Waals surface area contributed by atoms with Gasteiger partial charge >= 0.3 is 0 Å². The van der Waals surface area contributed by atoms with Crippen molar-refractivity contribution in [2.45, 2.75) is 24.4 Å². The van der Waals surface area contributed by atoms with Gasteiger partial charge in [0.2, 0.25) is 0 Å². The summed E-state index contributed by atoms with van der Waals surface area (Å²) in [6, 6.07) is 8.44. The number of nitrogens with one attached hydrogen (secondary N) is 2. The standard InChI is InChI=1S/C16H24N4S2/c1-16(5-8-22-15(18)19-16)13-4-2-3-12(11-13)14(17)20-6-9-21-10-7-20/h2-4,11,15,17,19H,5-10,18H2,1H3. The van der Waals surface area contributed by atoms with E-state index >= 15 is 0 Å². The first-order valence-corrected chi connectivity index (χ1v) is 9.96. The quantitative estimate of drug-likeness (QED) is 0.571. The van der Waals surface area contributed by atoms with Crippen LogP contribution in [-0.4, -0.2) is 46.6 Å². The number of benzene rings is 1. The molecule has 6 heteroatoms. The van der Waals surface area contributed by atoms with Crippen LogP contribution in [0.4, 0.5) is 0 Å². The molecule has 2 unspecified atom stereocenters. The molecule has 0 amide bonds. The zero-order valence-electron chi connectivity index (χ0n) is 13.0. The summed E-state index contributed by atoms with van der Waals surface area (Å²) in [5.41, 5.74) is 8.20. The third-order valence-electron chi connectivity index (χ3n) is 4.46. The Morgan fingerprint density at radius 3 is 2.86 bits per heavy atom. The molecule has 22 heavy (non-hydrogen) atoms. The Kier molecular flexibility index (Phi) is 5.02. The maximum absolute atomic E-state index is 8.51. The smallest absolute Gasteiger partial charge is 0.128 e. The lowest BCUT2D eigenvalue weighted by Gasteiger charge is -2.39. The average Bonchev–Trinajstić information content (AvgIpc) is 2.55. The summed E-state index contributed by atoms with van der Waals surface area (Å²) < 4.78 is 0. The second-order valence-electron chi connectivity index (χ2n) is 6.05. The molecule has 1 aromatic carbocycles. The predicted octanol–water partition coefficient (Wildman–Crippen LogP) is 2.24. The minimum Gasteiger partial charge on any atom is -0.355 e. The summed E-state index contributed by atoms with van der Waals surface area (Å²) in [5, 5.41) is 12.0. The van der Waals surface area contributed by atoms with Crippen molar-refractivity contribution in [3.8, 4) is 0 Å². The van der Waals surface area contributed by atoms with E-state index in [1.807, 2.05) is 11.8 Å². The lowest BCUT2D eigenvalue weighted by molar-refractivity contribution is 0.337. The molecule has 4 N–H and O–H groups in total. The van der Waals surface area contributed by atoms with Gasteiger partial charge in [-0.15, -0.1) is 11.8 Å². The zero-order valence-corrected chi connectivity index (χ0v) is 14.6. The van der Waals surface area contributed by atoms with E-state index < -0.39 is 0 Å². The molecular weight excluding hydrogens is 312 g/mol. The van der Waals surface area contributed by atoms with Gasteiger partial charge in [-0.25, -0.2) is 0 Å². The number of nitrogens with two attached hydrogens (primary N) is 1. The maximum Gasteiger partial charge on any atom is 0.128 e. The van der Waals surface area contributed by atoms with Crippen LogP contribution in [0.15, 0.2) is 24.3 Å². The first-order chi connectivity index (χ1) is 10.6. The van der Waals surface area contributed by atoms with Crippen molar-refractivity contribution >= 4 is 29.4 Å². The largest absolute Gasteiger partial charge is 0.355 e. The van der Waals surface area contributed by atoms with Crippen LogP contribution in [0.3, 0.4) is 0 Å². The molecule has 0 aromatic heterocycles. The van der Waals surface area contributed by atoms with Crippen LogP contribution >= 0.6 is 23.5 Å². The molecule has 0 bridgehead atoms. The normalized spacial score (nSPS) is 29.4. The van der Waals surface area contributed by atoms with Crippen molar-refractivity contribution in [2.24, 2.45) is 5.73 Å². The van der Waals surface area contributed by atoms with Crippen LogP contribution in [0.25, 0.3) is 0 Å². The third kappa shape index (κ3) is 3.45. The highest BCUT2D eigenvalue weighted by atomic mass is 32.2. The highest BCUT2D eigenvalue weighted by Gasteiger charge is 2.32. The fraction of sp³-hybridized carbons (Fsp3) is 0.562. The van der Waals surface area contributed by atoms with E-state index in [0.29, 0.717) is 5.84 Å². The molecule has 2 heterocycles. The SMILES string of the molecule is CC1(c2cccc(C(=N)N3CCSCC3)c2)CCSC(N)N1. The Balaban J connectivity index is 1.81. The Morgan fingerprint density at radius 2 is 2.14 bits per heavy atom. The molecule has 2 aliphatic heterocycles. The fourth-order valence-electron chi connectivity index (χ4n) is 3.02. The molecular formula is C16H24N4S2. The second-order valence-corrected chi connectivity index (χ2v) is 8.52. The summed E-state index contributed by atoms with van der Waals surface area (Å²) in [4.78, 5) is 2.19. The van der Waals surface area contributed by atoms with Crippen LogP contribution < -0.4 is 11.1 Å². The van der Waals surface area contributed by atoms with E-state index in [1.54, 1.807) is 11.8 Å². The maximum atomic E-state index is 8.51. The van der Waals surface area contributed by atoms with Crippen LogP contribution in [0.2, 0.25) is 0 Å². The summed E-state index contributed by atoms with van der Waals surface area (Å²) in [7, 11) is 0. The Morgan fingerprint density at radius 1 is 1.36 bits per heavy atom. The minimum absolute atomic E-state index is 0.0130. The van der Waals surface area contributed by atoms with Gasteiger partial charge in [-0.2, -0.15) is 11.8 Å². The Bertz CT molecular complexity index is 545. The van der Waals surface area contributed by atoms with Gasteiger partial charge in [0.15, 0.2) is 0 Å². The molecule has 2 saturated heterocycles. The van der Waals surface area contributed by atoms with Crippen molar-refractivity contribution in [3.63, 3.8) is 0 Å². The molecule has 1 aromatic rings. The van der Waals surface area contributed by atoms with Crippen molar-refractivity contribution < 1.29 is 0 Å². The van der Waals surface area contributed by atoms with E-state index in [0.717, 1.165) is 42.3 Å².